The van der Waals surface area contributed by atoms with E-state index in [1.54, 1.807) is 12.1 Å². The van der Waals surface area contributed by atoms with Gasteiger partial charge in [-0.05, 0) is 12.1 Å². The molecule has 14 heavy (non-hydrogen) atoms. The van der Waals surface area contributed by atoms with Gasteiger partial charge in [0.15, 0.2) is 11.5 Å². The maximum absolute atomic E-state index is 10.5. The fourth-order valence-corrected chi connectivity index (χ4v) is 0.972. The minimum atomic E-state index is -0.892. The Morgan fingerprint density at radius 3 is 2.43 bits per heavy atom. The van der Waals surface area contributed by atoms with Crippen LogP contribution in [0.1, 0.15) is 0 Å². The summed E-state index contributed by atoms with van der Waals surface area (Å²) in [5.41, 5.74) is 4.88. The maximum atomic E-state index is 10.5. The van der Waals surface area contributed by atoms with Gasteiger partial charge < -0.3 is 19.9 Å². The number of rotatable bonds is 3. The van der Waals surface area contributed by atoms with E-state index in [9.17, 15) is 4.79 Å². The van der Waals surface area contributed by atoms with Crippen LogP contribution in [0.15, 0.2) is 18.2 Å². The first-order valence-electron chi connectivity index (χ1n) is 3.86. The van der Waals surface area contributed by atoms with Gasteiger partial charge >= 0.3 is 6.09 Å². The van der Waals surface area contributed by atoms with Crippen molar-refractivity contribution in [2.45, 2.75) is 0 Å². The molecule has 1 aromatic rings. The van der Waals surface area contributed by atoms with Crippen molar-refractivity contribution in [2.24, 2.45) is 5.73 Å². The van der Waals surface area contributed by atoms with E-state index in [0.717, 1.165) is 0 Å². The minimum Gasteiger partial charge on any atom is -0.497 e. The largest absolute Gasteiger partial charge is 0.497 e. The van der Waals surface area contributed by atoms with Crippen molar-refractivity contribution in [3.8, 4) is 17.2 Å². The van der Waals surface area contributed by atoms with Crippen molar-refractivity contribution in [1.29, 1.82) is 0 Å². The summed E-state index contributed by atoms with van der Waals surface area (Å²) in [4.78, 5) is 10.5. The van der Waals surface area contributed by atoms with E-state index in [0.29, 0.717) is 11.5 Å². The fourth-order valence-electron chi connectivity index (χ4n) is 0.972. The topological polar surface area (TPSA) is 70.8 Å². The SMILES string of the molecule is COc1ccc(OC)c(OC(N)=O)c1. The summed E-state index contributed by atoms with van der Waals surface area (Å²) in [6, 6.07) is 4.83. The summed E-state index contributed by atoms with van der Waals surface area (Å²) >= 11 is 0. The van der Waals surface area contributed by atoms with Crippen LogP contribution in [-0.4, -0.2) is 20.3 Å². The van der Waals surface area contributed by atoms with Gasteiger partial charge in [-0.2, -0.15) is 0 Å². The summed E-state index contributed by atoms with van der Waals surface area (Å²) in [6.07, 6.45) is -0.892. The van der Waals surface area contributed by atoms with Crippen LogP contribution >= 0.6 is 0 Å². The third kappa shape index (κ3) is 2.29. The Labute approximate surface area is 81.4 Å². The van der Waals surface area contributed by atoms with Crippen LogP contribution in [0.2, 0.25) is 0 Å². The molecule has 2 N–H and O–H groups in total. The van der Waals surface area contributed by atoms with Crippen molar-refractivity contribution in [3.63, 3.8) is 0 Å². The van der Waals surface area contributed by atoms with Crippen molar-refractivity contribution in [2.75, 3.05) is 14.2 Å². The second-order valence-corrected chi connectivity index (χ2v) is 2.44. The Bertz CT molecular complexity index is 338. The number of amides is 1. The Balaban J connectivity index is 3.01. The molecule has 0 aliphatic rings. The average molecular weight is 197 g/mol. The highest BCUT2D eigenvalue weighted by atomic mass is 16.6. The number of nitrogens with two attached hydrogens (primary N) is 1. The van der Waals surface area contributed by atoms with Gasteiger partial charge in [0.1, 0.15) is 5.75 Å². The van der Waals surface area contributed by atoms with Crippen molar-refractivity contribution >= 4 is 6.09 Å². The molecule has 1 amide bonds. The Kier molecular flexibility index (Phi) is 3.17. The number of ether oxygens (including phenoxy) is 3. The number of primary amides is 1. The van der Waals surface area contributed by atoms with Gasteiger partial charge in [-0.3, -0.25) is 0 Å². The fraction of sp³-hybridized carbons (Fsp3) is 0.222. The number of carbonyl (C=O) groups excluding carboxylic acids is 1. The lowest BCUT2D eigenvalue weighted by atomic mass is 10.3. The smallest absolute Gasteiger partial charge is 0.410 e. The summed E-state index contributed by atoms with van der Waals surface area (Å²) in [5.74, 6) is 1.21. The Morgan fingerprint density at radius 1 is 1.21 bits per heavy atom. The van der Waals surface area contributed by atoms with E-state index in [2.05, 4.69) is 0 Å². The highest BCUT2D eigenvalue weighted by molar-refractivity contribution is 5.69. The minimum absolute atomic E-state index is 0.236. The zero-order valence-corrected chi connectivity index (χ0v) is 7.94. The molecule has 0 bridgehead atoms. The lowest BCUT2D eigenvalue weighted by Gasteiger charge is -2.08. The molecule has 0 unspecified atom stereocenters. The predicted molar refractivity (Wildman–Crippen MR) is 49.8 cm³/mol. The molecule has 1 rings (SSSR count). The highest BCUT2D eigenvalue weighted by Gasteiger charge is 2.08. The van der Waals surface area contributed by atoms with E-state index in [1.807, 2.05) is 0 Å². The molecule has 0 aliphatic heterocycles. The number of carbonyl (C=O) groups is 1. The third-order valence-electron chi connectivity index (χ3n) is 1.58. The standard InChI is InChI=1S/C9H11NO4/c1-12-6-3-4-7(13-2)8(5-6)14-9(10)11/h3-5H,1-2H3,(H2,10,11). The summed E-state index contributed by atoms with van der Waals surface area (Å²) in [7, 11) is 2.98. The van der Waals surface area contributed by atoms with E-state index < -0.39 is 6.09 Å². The molecule has 0 atom stereocenters. The molecule has 0 spiro atoms. The van der Waals surface area contributed by atoms with E-state index in [1.165, 1.54) is 20.3 Å². The molecular weight excluding hydrogens is 186 g/mol. The van der Waals surface area contributed by atoms with Crippen molar-refractivity contribution in [3.05, 3.63) is 18.2 Å². The quantitative estimate of drug-likeness (QED) is 0.789. The number of methoxy groups -OCH3 is 2. The van der Waals surface area contributed by atoms with E-state index >= 15 is 0 Å². The van der Waals surface area contributed by atoms with Crippen molar-refractivity contribution in [1.82, 2.24) is 0 Å². The molecule has 0 fully saturated rings. The van der Waals surface area contributed by atoms with Crippen LogP contribution in [0, 0.1) is 0 Å². The van der Waals surface area contributed by atoms with Crippen LogP contribution in [-0.2, 0) is 0 Å². The first-order valence-corrected chi connectivity index (χ1v) is 3.86. The van der Waals surface area contributed by atoms with Gasteiger partial charge in [-0.15, -0.1) is 0 Å². The molecule has 0 saturated heterocycles. The van der Waals surface area contributed by atoms with Gasteiger partial charge in [-0.1, -0.05) is 0 Å². The molecule has 0 saturated carbocycles. The molecule has 0 radical (unpaired) electrons. The van der Waals surface area contributed by atoms with Gasteiger partial charge in [0.2, 0.25) is 0 Å². The van der Waals surface area contributed by atoms with Crippen LogP contribution in [0.4, 0.5) is 4.79 Å². The molecular formula is C9H11NO4. The zero-order valence-electron chi connectivity index (χ0n) is 7.94. The predicted octanol–water partition coefficient (Wildman–Crippen LogP) is 1.16. The van der Waals surface area contributed by atoms with Crippen LogP contribution in [0.3, 0.4) is 0 Å². The normalized spacial score (nSPS) is 9.29. The first kappa shape index (κ1) is 10.2. The second-order valence-electron chi connectivity index (χ2n) is 2.44. The zero-order chi connectivity index (χ0) is 10.6. The monoisotopic (exact) mass is 197 g/mol. The summed E-state index contributed by atoms with van der Waals surface area (Å²) in [5, 5.41) is 0. The van der Waals surface area contributed by atoms with Gasteiger partial charge in [-0.25, -0.2) is 4.79 Å². The molecule has 76 valence electrons. The summed E-state index contributed by atoms with van der Waals surface area (Å²) < 4.78 is 14.6. The highest BCUT2D eigenvalue weighted by Crippen LogP contribution is 2.30. The van der Waals surface area contributed by atoms with E-state index in [4.69, 9.17) is 19.9 Å². The molecule has 0 heterocycles. The van der Waals surface area contributed by atoms with Gasteiger partial charge in [0.05, 0.1) is 14.2 Å². The number of hydrogen-bond acceptors (Lipinski definition) is 4. The molecule has 0 aromatic heterocycles. The van der Waals surface area contributed by atoms with E-state index in [-0.39, 0.29) is 5.75 Å². The number of hydrogen-bond donors (Lipinski definition) is 1. The van der Waals surface area contributed by atoms with Crippen LogP contribution < -0.4 is 19.9 Å². The molecule has 5 nitrogen and oxygen atoms in total. The average Bonchev–Trinajstić information content (AvgIpc) is 2.16. The third-order valence-corrected chi connectivity index (χ3v) is 1.58. The lowest BCUT2D eigenvalue weighted by Crippen LogP contribution is -2.16. The first-order chi connectivity index (χ1) is 6.67. The molecule has 1 aromatic carbocycles. The lowest BCUT2D eigenvalue weighted by molar-refractivity contribution is 0.208. The summed E-state index contributed by atoms with van der Waals surface area (Å²) in [6.45, 7) is 0. The maximum Gasteiger partial charge on any atom is 0.410 e. The molecule has 5 heteroatoms. The number of benzene rings is 1. The van der Waals surface area contributed by atoms with Gasteiger partial charge in [0.25, 0.3) is 0 Å². The van der Waals surface area contributed by atoms with Gasteiger partial charge in [0, 0.05) is 6.07 Å². The van der Waals surface area contributed by atoms with Crippen LogP contribution in [0.25, 0.3) is 0 Å². The Hall–Kier alpha value is -1.91. The van der Waals surface area contributed by atoms with Crippen LogP contribution in [0.5, 0.6) is 17.2 Å². The Morgan fingerprint density at radius 2 is 1.93 bits per heavy atom. The van der Waals surface area contributed by atoms with Crippen molar-refractivity contribution < 1.29 is 19.0 Å². The molecule has 0 aliphatic carbocycles. The second kappa shape index (κ2) is 4.36.